The van der Waals surface area contributed by atoms with Gasteiger partial charge in [-0.05, 0) is 31.7 Å². The Balaban J connectivity index is 2.78. The maximum absolute atomic E-state index is 11.2. The van der Waals surface area contributed by atoms with Gasteiger partial charge in [0, 0.05) is 6.42 Å². The fourth-order valence-corrected chi connectivity index (χ4v) is 1.92. The summed E-state index contributed by atoms with van der Waals surface area (Å²) in [6.45, 7) is 5.93. The lowest BCUT2D eigenvalue weighted by Gasteiger charge is -2.15. The molecule has 0 amide bonds. The molecule has 0 saturated carbocycles. The number of aryl methyl sites for hydroxylation is 1. The third-order valence-corrected chi connectivity index (χ3v) is 2.72. The van der Waals surface area contributed by atoms with Gasteiger partial charge in [-0.25, -0.2) is 0 Å². The fraction of sp³-hybridized carbons (Fsp3) is 0.500. The molecule has 82 valence electrons. The van der Waals surface area contributed by atoms with Gasteiger partial charge in [-0.15, -0.1) is 0 Å². The molecule has 0 aromatic heterocycles. The lowest BCUT2D eigenvalue weighted by Crippen LogP contribution is -2.04. The molecule has 0 aliphatic carbocycles. The van der Waals surface area contributed by atoms with E-state index in [-0.39, 0.29) is 5.78 Å². The SMILES string of the molecule is CCCC(CC(C)=O)c1ccc(C)cc1. The van der Waals surface area contributed by atoms with Crippen LogP contribution in [0.5, 0.6) is 0 Å². The Morgan fingerprint density at radius 3 is 2.33 bits per heavy atom. The van der Waals surface area contributed by atoms with Crippen molar-refractivity contribution in [1.29, 1.82) is 0 Å². The number of hydrogen-bond donors (Lipinski definition) is 0. The number of hydrogen-bond acceptors (Lipinski definition) is 1. The van der Waals surface area contributed by atoms with Crippen molar-refractivity contribution in [2.24, 2.45) is 0 Å². The second kappa shape index (κ2) is 5.69. The molecule has 0 heterocycles. The van der Waals surface area contributed by atoms with Gasteiger partial charge in [0.05, 0.1) is 0 Å². The number of ketones is 1. The first-order valence-electron chi connectivity index (χ1n) is 5.69. The number of carbonyl (C=O) groups is 1. The van der Waals surface area contributed by atoms with E-state index >= 15 is 0 Å². The minimum absolute atomic E-state index is 0.286. The van der Waals surface area contributed by atoms with Crippen LogP contribution in [0.1, 0.15) is 50.2 Å². The summed E-state index contributed by atoms with van der Waals surface area (Å²) in [7, 11) is 0. The average Bonchev–Trinajstić information content (AvgIpc) is 2.17. The number of benzene rings is 1. The Kier molecular flexibility index (Phi) is 4.54. The van der Waals surface area contributed by atoms with Gasteiger partial charge in [0.25, 0.3) is 0 Å². The Morgan fingerprint density at radius 1 is 1.27 bits per heavy atom. The molecule has 1 atom stereocenters. The molecule has 0 aliphatic rings. The highest BCUT2D eigenvalue weighted by Gasteiger charge is 2.12. The van der Waals surface area contributed by atoms with Crippen LogP contribution >= 0.6 is 0 Å². The molecule has 0 bridgehead atoms. The number of carbonyl (C=O) groups excluding carboxylic acids is 1. The standard InChI is InChI=1S/C14H20O/c1-4-5-14(10-12(3)15)13-8-6-11(2)7-9-13/h6-9,14H,4-5,10H2,1-3H3. The second-order valence-electron chi connectivity index (χ2n) is 4.30. The highest BCUT2D eigenvalue weighted by Crippen LogP contribution is 2.25. The summed E-state index contributed by atoms with van der Waals surface area (Å²) in [6.07, 6.45) is 2.91. The van der Waals surface area contributed by atoms with Crippen LogP contribution in [-0.4, -0.2) is 5.78 Å². The van der Waals surface area contributed by atoms with Gasteiger partial charge in [0.15, 0.2) is 0 Å². The first-order chi connectivity index (χ1) is 7.13. The van der Waals surface area contributed by atoms with Crippen LogP contribution in [0.4, 0.5) is 0 Å². The summed E-state index contributed by atoms with van der Waals surface area (Å²) in [5.74, 6) is 0.696. The molecule has 0 aliphatic heterocycles. The van der Waals surface area contributed by atoms with Gasteiger partial charge >= 0.3 is 0 Å². The monoisotopic (exact) mass is 204 g/mol. The zero-order valence-electron chi connectivity index (χ0n) is 9.92. The van der Waals surface area contributed by atoms with E-state index in [0.717, 1.165) is 12.8 Å². The Morgan fingerprint density at radius 2 is 1.87 bits per heavy atom. The van der Waals surface area contributed by atoms with E-state index < -0.39 is 0 Å². The van der Waals surface area contributed by atoms with E-state index in [9.17, 15) is 4.79 Å². The first kappa shape index (κ1) is 12.0. The predicted molar refractivity (Wildman–Crippen MR) is 64.1 cm³/mol. The van der Waals surface area contributed by atoms with Crippen LogP contribution in [0.2, 0.25) is 0 Å². The number of rotatable bonds is 5. The summed E-state index contributed by atoms with van der Waals surface area (Å²) in [6, 6.07) is 8.55. The molecule has 0 saturated heterocycles. The Labute approximate surface area is 92.5 Å². The first-order valence-corrected chi connectivity index (χ1v) is 5.69. The molecule has 1 aromatic rings. The molecule has 0 radical (unpaired) electrons. The van der Waals surface area contributed by atoms with Gasteiger partial charge in [0.2, 0.25) is 0 Å². The molecule has 1 nitrogen and oxygen atoms in total. The Bertz CT molecular complexity index is 311. The minimum Gasteiger partial charge on any atom is -0.300 e. The highest BCUT2D eigenvalue weighted by atomic mass is 16.1. The molecular formula is C14H20O. The lowest BCUT2D eigenvalue weighted by molar-refractivity contribution is -0.117. The van der Waals surface area contributed by atoms with Gasteiger partial charge in [-0.3, -0.25) is 0 Å². The molecule has 1 unspecified atom stereocenters. The molecule has 1 rings (SSSR count). The summed E-state index contributed by atoms with van der Waals surface area (Å²) in [5.41, 5.74) is 2.58. The zero-order valence-corrected chi connectivity index (χ0v) is 9.92. The van der Waals surface area contributed by atoms with Crippen LogP contribution in [0, 0.1) is 6.92 Å². The van der Waals surface area contributed by atoms with E-state index in [1.165, 1.54) is 11.1 Å². The predicted octanol–water partition coefficient (Wildman–Crippen LogP) is 3.86. The Hall–Kier alpha value is -1.11. The summed E-state index contributed by atoms with van der Waals surface area (Å²) >= 11 is 0. The van der Waals surface area contributed by atoms with Crippen molar-refractivity contribution in [1.82, 2.24) is 0 Å². The van der Waals surface area contributed by atoms with Gasteiger partial charge in [0.1, 0.15) is 5.78 Å². The molecule has 15 heavy (non-hydrogen) atoms. The van der Waals surface area contributed by atoms with Crippen LogP contribution < -0.4 is 0 Å². The molecule has 0 spiro atoms. The minimum atomic E-state index is 0.286. The van der Waals surface area contributed by atoms with Crippen LogP contribution in [0.25, 0.3) is 0 Å². The van der Waals surface area contributed by atoms with E-state index in [1.807, 2.05) is 0 Å². The topological polar surface area (TPSA) is 17.1 Å². The lowest BCUT2D eigenvalue weighted by atomic mass is 9.90. The van der Waals surface area contributed by atoms with Crippen molar-refractivity contribution >= 4 is 5.78 Å². The van der Waals surface area contributed by atoms with Crippen molar-refractivity contribution in [2.75, 3.05) is 0 Å². The third kappa shape index (κ3) is 3.86. The maximum Gasteiger partial charge on any atom is 0.130 e. The fourth-order valence-electron chi connectivity index (χ4n) is 1.92. The van der Waals surface area contributed by atoms with Gasteiger partial charge < -0.3 is 4.79 Å². The molecule has 1 heteroatoms. The van der Waals surface area contributed by atoms with E-state index in [4.69, 9.17) is 0 Å². The van der Waals surface area contributed by atoms with Gasteiger partial charge in [-0.2, -0.15) is 0 Å². The molecule has 1 aromatic carbocycles. The second-order valence-corrected chi connectivity index (χ2v) is 4.30. The smallest absolute Gasteiger partial charge is 0.130 e. The van der Waals surface area contributed by atoms with Crippen LogP contribution in [0.3, 0.4) is 0 Å². The third-order valence-electron chi connectivity index (χ3n) is 2.72. The maximum atomic E-state index is 11.2. The largest absolute Gasteiger partial charge is 0.300 e. The quantitative estimate of drug-likeness (QED) is 0.711. The zero-order chi connectivity index (χ0) is 11.3. The van der Waals surface area contributed by atoms with E-state index in [1.54, 1.807) is 6.92 Å². The van der Waals surface area contributed by atoms with Crippen molar-refractivity contribution in [3.8, 4) is 0 Å². The van der Waals surface area contributed by atoms with Crippen LogP contribution in [0.15, 0.2) is 24.3 Å². The van der Waals surface area contributed by atoms with Crippen molar-refractivity contribution < 1.29 is 4.79 Å². The van der Waals surface area contributed by atoms with Gasteiger partial charge in [-0.1, -0.05) is 43.2 Å². The van der Waals surface area contributed by atoms with Crippen LogP contribution in [-0.2, 0) is 4.79 Å². The summed E-state index contributed by atoms with van der Waals surface area (Å²) in [4.78, 5) is 11.2. The molecule has 0 N–H and O–H groups in total. The highest BCUT2D eigenvalue weighted by molar-refractivity contribution is 5.76. The van der Waals surface area contributed by atoms with Crippen molar-refractivity contribution in [3.05, 3.63) is 35.4 Å². The van der Waals surface area contributed by atoms with Crippen molar-refractivity contribution in [2.45, 2.75) is 46.0 Å². The van der Waals surface area contributed by atoms with E-state index in [2.05, 4.69) is 38.1 Å². The molecular weight excluding hydrogens is 184 g/mol. The average molecular weight is 204 g/mol. The molecule has 0 fully saturated rings. The van der Waals surface area contributed by atoms with Crippen molar-refractivity contribution in [3.63, 3.8) is 0 Å². The summed E-state index contributed by atoms with van der Waals surface area (Å²) in [5, 5.41) is 0. The summed E-state index contributed by atoms with van der Waals surface area (Å²) < 4.78 is 0. The number of Topliss-reactive ketones (excluding diaryl/α,β-unsaturated/α-hetero) is 1. The van der Waals surface area contributed by atoms with E-state index in [0.29, 0.717) is 12.3 Å². The normalized spacial score (nSPS) is 12.5.